The van der Waals surface area contributed by atoms with E-state index in [0.717, 1.165) is 27.9 Å². The highest BCUT2D eigenvalue weighted by Crippen LogP contribution is 2.32. The topological polar surface area (TPSA) is 66.5 Å². The van der Waals surface area contributed by atoms with Gasteiger partial charge in [0.15, 0.2) is 5.82 Å². The zero-order chi connectivity index (χ0) is 11.7. The first kappa shape index (κ1) is 11.1. The van der Waals surface area contributed by atoms with E-state index in [2.05, 4.69) is 38.7 Å². The van der Waals surface area contributed by atoms with Crippen LogP contribution in [0.4, 0.5) is 5.00 Å². The fourth-order valence-corrected chi connectivity index (χ4v) is 2.19. The van der Waals surface area contributed by atoms with Gasteiger partial charge in [0.05, 0.1) is 11.3 Å². The number of hydrogen-bond acceptors (Lipinski definition) is 5. The van der Waals surface area contributed by atoms with E-state index in [1.807, 2.05) is 14.0 Å². The predicted molar refractivity (Wildman–Crippen MR) is 65.9 cm³/mol. The number of anilines is 1. The second-order valence-electron chi connectivity index (χ2n) is 3.92. The molecule has 0 aliphatic carbocycles. The van der Waals surface area contributed by atoms with Crippen molar-refractivity contribution in [3.8, 4) is 11.4 Å². The van der Waals surface area contributed by atoms with Gasteiger partial charge in [-0.1, -0.05) is 13.8 Å². The summed E-state index contributed by atoms with van der Waals surface area (Å²) in [5.41, 5.74) is 1.96. The number of aromatic amines is 1. The lowest BCUT2D eigenvalue weighted by Crippen LogP contribution is -1.91. The fourth-order valence-electron chi connectivity index (χ4n) is 1.45. The minimum absolute atomic E-state index is 0.353. The number of nitrogens with zero attached hydrogens (tertiary/aromatic N) is 3. The molecule has 0 bridgehead atoms. The molecule has 0 aromatic carbocycles. The van der Waals surface area contributed by atoms with Crippen molar-refractivity contribution in [2.75, 3.05) is 12.4 Å². The summed E-state index contributed by atoms with van der Waals surface area (Å²) in [6, 6.07) is 0. The molecule has 2 heterocycles. The number of hydrogen-bond donors (Lipinski definition) is 2. The minimum Gasteiger partial charge on any atom is -0.378 e. The van der Waals surface area contributed by atoms with E-state index in [4.69, 9.17) is 0 Å². The third-order valence-corrected chi connectivity index (χ3v) is 3.32. The molecule has 0 aliphatic rings. The quantitative estimate of drug-likeness (QED) is 0.860. The Labute approximate surface area is 98.5 Å². The van der Waals surface area contributed by atoms with Gasteiger partial charge in [0.2, 0.25) is 0 Å². The summed E-state index contributed by atoms with van der Waals surface area (Å²) >= 11 is 1.43. The third-order valence-electron chi connectivity index (χ3n) is 2.36. The largest absolute Gasteiger partial charge is 0.378 e. The van der Waals surface area contributed by atoms with Gasteiger partial charge in [0.1, 0.15) is 10.8 Å². The summed E-state index contributed by atoms with van der Waals surface area (Å²) in [5, 5.41) is 11.3. The van der Waals surface area contributed by atoms with Crippen molar-refractivity contribution in [3.63, 3.8) is 0 Å². The number of aromatic nitrogens is 4. The zero-order valence-corrected chi connectivity index (χ0v) is 10.6. The van der Waals surface area contributed by atoms with Crippen LogP contribution in [0.1, 0.15) is 31.3 Å². The number of rotatable bonds is 3. The van der Waals surface area contributed by atoms with Crippen LogP contribution in [0, 0.1) is 6.92 Å². The highest BCUT2D eigenvalue weighted by Gasteiger charge is 2.17. The summed E-state index contributed by atoms with van der Waals surface area (Å²) in [6.45, 7) is 6.14. The summed E-state index contributed by atoms with van der Waals surface area (Å²) in [6.07, 6.45) is 0. The van der Waals surface area contributed by atoms with Crippen LogP contribution in [0.3, 0.4) is 0 Å². The van der Waals surface area contributed by atoms with E-state index in [1.54, 1.807) is 0 Å². The summed E-state index contributed by atoms with van der Waals surface area (Å²) in [4.78, 5) is 4.48. The molecule has 2 rings (SSSR count). The molecule has 86 valence electrons. The summed E-state index contributed by atoms with van der Waals surface area (Å²) in [7, 11) is 1.88. The van der Waals surface area contributed by atoms with Crippen LogP contribution in [0.2, 0.25) is 0 Å². The van der Waals surface area contributed by atoms with Gasteiger partial charge in [-0.25, -0.2) is 4.98 Å². The van der Waals surface area contributed by atoms with E-state index in [-0.39, 0.29) is 0 Å². The van der Waals surface area contributed by atoms with Crippen molar-refractivity contribution >= 4 is 16.5 Å². The number of aryl methyl sites for hydroxylation is 1. The Kier molecular flexibility index (Phi) is 2.91. The number of nitrogens with one attached hydrogen (secondary N) is 2. The maximum atomic E-state index is 4.48. The van der Waals surface area contributed by atoms with E-state index in [1.165, 1.54) is 11.5 Å². The average Bonchev–Trinajstić information content (AvgIpc) is 2.83. The predicted octanol–water partition coefficient (Wildman–Crippen LogP) is 2.40. The molecule has 16 heavy (non-hydrogen) atoms. The molecule has 0 amide bonds. The third kappa shape index (κ3) is 1.80. The molecule has 0 spiro atoms. The van der Waals surface area contributed by atoms with Crippen LogP contribution in [0.15, 0.2) is 0 Å². The lowest BCUT2D eigenvalue weighted by atomic mass is 10.2. The molecule has 5 nitrogen and oxygen atoms in total. The Balaban J connectivity index is 2.45. The first-order valence-electron chi connectivity index (χ1n) is 5.20. The smallest absolute Gasteiger partial charge is 0.186 e. The lowest BCUT2D eigenvalue weighted by Gasteiger charge is -1.98. The Hall–Kier alpha value is -1.43. The molecule has 0 radical (unpaired) electrons. The van der Waals surface area contributed by atoms with Crippen LogP contribution < -0.4 is 5.32 Å². The van der Waals surface area contributed by atoms with E-state index in [9.17, 15) is 0 Å². The fraction of sp³-hybridized carbons (Fsp3) is 0.500. The monoisotopic (exact) mass is 237 g/mol. The van der Waals surface area contributed by atoms with Crippen LogP contribution in [-0.2, 0) is 0 Å². The average molecular weight is 237 g/mol. The van der Waals surface area contributed by atoms with Crippen molar-refractivity contribution < 1.29 is 0 Å². The van der Waals surface area contributed by atoms with E-state index < -0.39 is 0 Å². The van der Waals surface area contributed by atoms with Gasteiger partial charge in [-0.15, -0.1) is 0 Å². The SMILES string of the molecule is CNc1snc(C)c1-c1n[nH]c(C(C)C)n1. The molecular weight excluding hydrogens is 222 g/mol. The maximum absolute atomic E-state index is 4.48. The van der Waals surface area contributed by atoms with Crippen LogP contribution in [-0.4, -0.2) is 26.6 Å². The van der Waals surface area contributed by atoms with Gasteiger partial charge in [-0.05, 0) is 18.5 Å². The lowest BCUT2D eigenvalue weighted by molar-refractivity contribution is 0.781. The molecule has 0 fully saturated rings. The van der Waals surface area contributed by atoms with Gasteiger partial charge in [0, 0.05) is 13.0 Å². The molecule has 0 aliphatic heterocycles. The van der Waals surface area contributed by atoms with Crippen LogP contribution in [0.5, 0.6) is 0 Å². The Morgan fingerprint density at radius 2 is 2.12 bits per heavy atom. The van der Waals surface area contributed by atoms with E-state index >= 15 is 0 Å². The molecule has 6 heteroatoms. The van der Waals surface area contributed by atoms with Gasteiger partial charge in [-0.3, -0.25) is 5.10 Å². The van der Waals surface area contributed by atoms with Gasteiger partial charge < -0.3 is 5.32 Å². The van der Waals surface area contributed by atoms with Crippen molar-refractivity contribution in [1.29, 1.82) is 0 Å². The van der Waals surface area contributed by atoms with Gasteiger partial charge in [0.25, 0.3) is 0 Å². The molecule has 2 aromatic heterocycles. The molecule has 0 atom stereocenters. The first-order chi connectivity index (χ1) is 7.63. The zero-order valence-electron chi connectivity index (χ0n) is 9.83. The molecule has 2 N–H and O–H groups in total. The van der Waals surface area contributed by atoms with Crippen molar-refractivity contribution in [3.05, 3.63) is 11.5 Å². The second-order valence-corrected chi connectivity index (χ2v) is 4.69. The Bertz CT molecular complexity index is 485. The maximum Gasteiger partial charge on any atom is 0.186 e. The standard InChI is InChI=1S/C10H15N5S/c1-5(2)8-12-9(14-13-8)7-6(3)15-16-10(7)11-4/h5,11H,1-4H3,(H,12,13,14). The second kappa shape index (κ2) is 4.21. The molecular formula is C10H15N5S. The summed E-state index contributed by atoms with van der Waals surface area (Å²) < 4.78 is 4.30. The van der Waals surface area contributed by atoms with Crippen molar-refractivity contribution in [2.45, 2.75) is 26.7 Å². The van der Waals surface area contributed by atoms with Gasteiger partial charge >= 0.3 is 0 Å². The molecule has 0 saturated carbocycles. The highest BCUT2D eigenvalue weighted by atomic mass is 32.1. The molecule has 2 aromatic rings. The number of H-pyrrole nitrogens is 1. The van der Waals surface area contributed by atoms with Gasteiger partial charge in [-0.2, -0.15) is 9.47 Å². The van der Waals surface area contributed by atoms with Crippen molar-refractivity contribution in [1.82, 2.24) is 19.6 Å². The summed E-state index contributed by atoms with van der Waals surface area (Å²) in [5.74, 6) is 1.98. The minimum atomic E-state index is 0.353. The highest BCUT2D eigenvalue weighted by molar-refractivity contribution is 7.10. The van der Waals surface area contributed by atoms with Crippen molar-refractivity contribution in [2.24, 2.45) is 0 Å². The molecule has 0 unspecified atom stereocenters. The van der Waals surface area contributed by atoms with Crippen LogP contribution >= 0.6 is 11.5 Å². The van der Waals surface area contributed by atoms with E-state index in [0.29, 0.717) is 5.92 Å². The first-order valence-corrected chi connectivity index (χ1v) is 5.97. The Morgan fingerprint density at radius 1 is 1.38 bits per heavy atom. The normalized spacial score (nSPS) is 11.1. The van der Waals surface area contributed by atoms with Crippen LogP contribution in [0.25, 0.3) is 11.4 Å². The Morgan fingerprint density at radius 3 is 2.69 bits per heavy atom. The molecule has 0 saturated heterocycles.